The third-order valence-electron chi connectivity index (χ3n) is 4.17. The summed E-state index contributed by atoms with van der Waals surface area (Å²) in [4.78, 5) is 23.8. The average Bonchev–Trinajstić information content (AvgIpc) is 2.75. The minimum absolute atomic E-state index is 0.137. The molecule has 29 heavy (non-hydrogen) atoms. The van der Waals surface area contributed by atoms with Crippen molar-refractivity contribution in [3.63, 3.8) is 0 Å². The summed E-state index contributed by atoms with van der Waals surface area (Å²) in [6.45, 7) is 4.93. The molecule has 156 valence electrons. The molecule has 1 aliphatic heterocycles. The molecule has 0 aliphatic carbocycles. The van der Waals surface area contributed by atoms with Crippen molar-refractivity contribution in [1.29, 1.82) is 0 Å². The van der Waals surface area contributed by atoms with Gasteiger partial charge in [-0.05, 0) is 48.5 Å². The van der Waals surface area contributed by atoms with Gasteiger partial charge in [-0.1, -0.05) is 0 Å². The lowest BCUT2D eigenvalue weighted by molar-refractivity contribution is 0.0322. The first-order valence-corrected chi connectivity index (χ1v) is 9.13. The van der Waals surface area contributed by atoms with Crippen molar-refractivity contribution in [3.8, 4) is 11.5 Å². The van der Waals surface area contributed by atoms with Crippen LogP contribution in [-0.2, 0) is 9.47 Å². The molecule has 1 heterocycles. The van der Waals surface area contributed by atoms with E-state index in [9.17, 15) is 9.59 Å². The monoisotopic (exact) mass is 403 g/mol. The quantitative estimate of drug-likeness (QED) is 0.708. The van der Waals surface area contributed by atoms with Crippen molar-refractivity contribution in [2.45, 2.75) is 0 Å². The zero-order valence-corrected chi connectivity index (χ0v) is 16.2. The average molecular weight is 403 g/mol. The normalized spacial score (nSPS) is 13.7. The molecule has 0 saturated carbocycles. The zero-order chi connectivity index (χ0) is 21.1. The number of methoxy groups -OCH3 is 1. The van der Waals surface area contributed by atoms with E-state index < -0.39 is 11.9 Å². The van der Waals surface area contributed by atoms with Gasteiger partial charge in [0.2, 0.25) is 0 Å². The number of phenols is 1. The number of aromatic hydroxyl groups is 1. The Morgan fingerprint density at radius 3 is 2.14 bits per heavy atom. The van der Waals surface area contributed by atoms with Crippen molar-refractivity contribution in [3.05, 3.63) is 59.7 Å². The van der Waals surface area contributed by atoms with E-state index in [0.717, 1.165) is 32.8 Å². The minimum Gasteiger partial charge on any atom is -0.508 e. The summed E-state index contributed by atoms with van der Waals surface area (Å²) in [7, 11) is 1.31. The number of nitrogens with zero attached hydrogens (tertiary/aromatic N) is 1. The maximum atomic E-state index is 10.8. The summed E-state index contributed by atoms with van der Waals surface area (Å²) >= 11 is 0. The highest BCUT2D eigenvalue weighted by atomic mass is 16.5. The highest BCUT2D eigenvalue weighted by Crippen LogP contribution is 2.12. The molecule has 0 aromatic heterocycles. The Morgan fingerprint density at radius 2 is 1.59 bits per heavy atom. The van der Waals surface area contributed by atoms with E-state index in [-0.39, 0.29) is 11.3 Å². The summed E-state index contributed by atoms with van der Waals surface area (Å²) in [5.74, 6) is -0.481. The van der Waals surface area contributed by atoms with Crippen LogP contribution in [0, 0.1) is 0 Å². The number of carbonyl (C=O) groups is 2. The third-order valence-corrected chi connectivity index (χ3v) is 4.17. The molecule has 1 aliphatic rings. The van der Waals surface area contributed by atoms with E-state index in [2.05, 4.69) is 9.64 Å². The van der Waals surface area contributed by atoms with Gasteiger partial charge in [-0.25, -0.2) is 9.59 Å². The van der Waals surface area contributed by atoms with Crippen molar-refractivity contribution in [2.75, 3.05) is 46.6 Å². The largest absolute Gasteiger partial charge is 0.508 e. The summed E-state index contributed by atoms with van der Waals surface area (Å²) in [6, 6.07) is 12.3. The molecule has 2 N–H and O–H groups in total. The van der Waals surface area contributed by atoms with Gasteiger partial charge in [0.15, 0.2) is 0 Å². The van der Waals surface area contributed by atoms with Crippen LogP contribution < -0.4 is 4.74 Å². The molecule has 0 amide bonds. The summed E-state index contributed by atoms with van der Waals surface area (Å²) in [5.41, 5.74) is 0.709. The number of carboxylic acid groups (broad SMARTS) is 1. The van der Waals surface area contributed by atoms with Crippen LogP contribution in [0.1, 0.15) is 20.7 Å². The maximum Gasteiger partial charge on any atom is 0.337 e. The van der Waals surface area contributed by atoms with Crippen molar-refractivity contribution in [2.24, 2.45) is 0 Å². The predicted octanol–water partition coefficient (Wildman–Crippen LogP) is 2.27. The topological polar surface area (TPSA) is 106 Å². The van der Waals surface area contributed by atoms with Gasteiger partial charge in [0.1, 0.15) is 18.1 Å². The van der Waals surface area contributed by atoms with Gasteiger partial charge in [-0.2, -0.15) is 0 Å². The first-order valence-electron chi connectivity index (χ1n) is 9.13. The zero-order valence-electron chi connectivity index (χ0n) is 16.2. The molecule has 2 aromatic carbocycles. The molecule has 0 atom stereocenters. The molecule has 0 bridgehead atoms. The second-order valence-corrected chi connectivity index (χ2v) is 6.17. The van der Waals surface area contributed by atoms with Gasteiger partial charge < -0.3 is 24.4 Å². The Hall–Kier alpha value is -3.10. The maximum absolute atomic E-state index is 10.8. The second-order valence-electron chi connectivity index (χ2n) is 6.17. The van der Waals surface area contributed by atoms with Gasteiger partial charge in [-0.3, -0.25) is 4.90 Å². The molecule has 1 fully saturated rings. The van der Waals surface area contributed by atoms with E-state index in [1.807, 2.05) is 0 Å². The number of morpholine rings is 1. The molecular formula is C21H25NO7. The van der Waals surface area contributed by atoms with Crippen LogP contribution in [0.25, 0.3) is 0 Å². The smallest absolute Gasteiger partial charge is 0.337 e. The number of hydrogen-bond acceptors (Lipinski definition) is 7. The number of rotatable bonds is 6. The van der Waals surface area contributed by atoms with E-state index >= 15 is 0 Å². The Bertz CT molecular complexity index is 769. The number of benzene rings is 2. The first kappa shape index (κ1) is 22.2. The number of phenolic OH excluding ortho intramolecular Hbond substituents is 1. The van der Waals surface area contributed by atoms with Crippen molar-refractivity contribution in [1.82, 2.24) is 4.90 Å². The van der Waals surface area contributed by atoms with E-state index in [1.54, 1.807) is 24.3 Å². The van der Waals surface area contributed by atoms with Crippen LogP contribution in [0.4, 0.5) is 0 Å². The van der Waals surface area contributed by atoms with Gasteiger partial charge in [0, 0.05) is 19.6 Å². The predicted molar refractivity (Wildman–Crippen MR) is 106 cm³/mol. The van der Waals surface area contributed by atoms with Crippen LogP contribution in [0.2, 0.25) is 0 Å². The van der Waals surface area contributed by atoms with Crippen molar-refractivity contribution >= 4 is 11.9 Å². The highest BCUT2D eigenvalue weighted by molar-refractivity contribution is 5.89. The Kier molecular flexibility index (Phi) is 8.94. The fourth-order valence-corrected chi connectivity index (χ4v) is 2.53. The Balaban J connectivity index is 0.000000234. The molecular weight excluding hydrogens is 378 g/mol. The standard InChI is InChI=1S/C13H17NO4.C8H8O3/c15-13(16)11-1-3-12(4-2-11)18-10-7-14-5-8-17-9-6-14;1-11-8(10)6-2-4-7(9)5-3-6/h1-4H,5-10H2,(H,15,16);2-5,9H,1H3. The van der Waals surface area contributed by atoms with Gasteiger partial charge in [-0.15, -0.1) is 0 Å². The molecule has 8 nitrogen and oxygen atoms in total. The van der Waals surface area contributed by atoms with Gasteiger partial charge in [0.05, 0.1) is 31.5 Å². The highest BCUT2D eigenvalue weighted by Gasteiger charge is 2.10. The second kappa shape index (κ2) is 11.7. The molecule has 1 saturated heterocycles. The molecule has 2 aromatic rings. The van der Waals surface area contributed by atoms with Crippen LogP contribution in [-0.4, -0.2) is 73.6 Å². The molecule has 0 spiro atoms. The number of carboxylic acids is 1. The van der Waals surface area contributed by atoms with Crippen LogP contribution >= 0.6 is 0 Å². The van der Waals surface area contributed by atoms with E-state index in [1.165, 1.54) is 31.4 Å². The number of esters is 1. The van der Waals surface area contributed by atoms with Gasteiger partial charge in [0.25, 0.3) is 0 Å². The fraction of sp³-hybridized carbons (Fsp3) is 0.333. The lowest BCUT2D eigenvalue weighted by Gasteiger charge is -2.26. The third kappa shape index (κ3) is 7.81. The minimum atomic E-state index is -0.921. The van der Waals surface area contributed by atoms with Gasteiger partial charge >= 0.3 is 11.9 Å². The Morgan fingerprint density at radius 1 is 1.00 bits per heavy atom. The SMILES string of the molecule is COC(=O)c1ccc(O)cc1.O=C(O)c1ccc(OCCN2CCOCC2)cc1. The van der Waals surface area contributed by atoms with Crippen molar-refractivity contribution < 1.29 is 34.0 Å². The Labute approximate surface area is 169 Å². The molecule has 0 unspecified atom stereocenters. The summed E-state index contributed by atoms with van der Waals surface area (Å²) in [5, 5.41) is 17.6. The first-order chi connectivity index (χ1) is 14.0. The van der Waals surface area contributed by atoms with E-state index in [4.69, 9.17) is 19.7 Å². The van der Waals surface area contributed by atoms with Crippen LogP contribution in [0.5, 0.6) is 11.5 Å². The number of ether oxygens (including phenoxy) is 3. The summed E-state index contributed by atoms with van der Waals surface area (Å²) < 4.78 is 15.3. The number of carbonyl (C=O) groups excluding carboxylic acids is 1. The van der Waals surface area contributed by atoms with E-state index in [0.29, 0.717) is 17.9 Å². The number of aromatic carboxylic acids is 1. The lowest BCUT2D eigenvalue weighted by atomic mass is 10.2. The lowest BCUT2D eigenvalue weighted by Crippen LogP contribution is -2.38. The van der Waals surface area contributed by atoms with Crippen LogP contribution in [0.15, 0.2) is 48.5 Å². The molecule has 8 heteroatoms. The van der Waals surface area contributed by atoms with Crippen LogP contribution in [0.3, 0.4) is 0 Å². The fourth-order valence-electron chi connectivity index (χ4n) is 2.53. The molecule has 0 radical (unpaired) electrons. The number of hydrogen-bond donors (Lipinski definition) is 2. The molecule has 3 rings (SSSR count). The summed E-state index contributed by atoms with van der Waals surface area (Å²) in [6.07, 6.45) is 0.